The molecule has 0 bridgehead atoms. The van der Waals surface area contributed by atoms with Crippen molar-refractivity contribution in [2.24, 2.45) is 11.5 Å². The van der Waals surface area contributed by atoms with E-state index in [0.29, 0.717) is 19.4 Å². The summed E-state index contributed by atoms with van der Waals surface area (Å²) in [5.74, 6) is -0.317. The average Bonchev–Trinajstić information content (AvgIpc) is 2.31. The largest absolute Gasteiger partial charge is 0.465 e. The zero-order valence-corrected chi connectivity index (χ0v) is 10.5. The molecule has 0 saturated heterocycles. The summed E-state index contributed by atoms with van der Waals surface area (Å²) >= 11 is 0. The molecule has 5 nitrogen and oxygen atoms in total. The molecular formula is C13H19N3O2. The Hall–Kier alpha value is -1.88. The van der Waals surface area contributed by atoms with Crippen LogP contribution in [0, 0.1) is 5.41 Å². The summed E-state index contributed by atoms with van der Waals surface area (Å²) in [6, 6.07) is 6.83. The van der Waals surface area contributed by atoms with Crippen molar-refractivity contribution >= 4 is 11.8 Å². The van der Waals surface area contributed by atoms with E-state index in [-0.39, 0.29) is 5.84 Å². The molecule has 0 amide bonds. The number of ether oxygens (including phenoxy) is 1. The average molecular weight is 249 g/mol. The van der Waals surface area contributed by atoms with Crippen molar-refractivity contribution in [2.75, 3.05) is 6.61 Å². The summed E-state index contributed by atoms with van der Waals surface area (Å²) in [6.07, 6.45) is 0.758. The number of nitrogens with two attached hydrogens (primary N) is 2. The summed E-state index contributed by atoms with van der Waals surface area (Å²) in [6.45, 7) is 2.07. The van der Waals surface area contributed by atoms with Crippen LogP contribution in [0.5, 0.6) is 0 Å². The molecule has 0 aliphatic carbocycles. The first-order valence-electron chi connectivity index (χ1n) is 5.86. The van der Waals surface area contributed by atoms with Gasteiger partial charge >= 0.3 is 5.97 Å². The van der Waals surface area contributed by atoms with Gasteiger partial charge in [0.1, 0.15) is 6.04 Å². The first-order valence-corrected chi connectivity index (χ1v) is 5.86. The molecule has 1 unspecified atom stereocenters. The number of carbonyl (C=O) groups excluding carboxylic acids is 1. The first-order chi connectivity index (χ1) is 8.54. The Balaban J connectivity index is 2.77. The normalized spacial score (nSPS) is 11.9. The molecule has 98 valence electrons. The van der Waals surface area contributed by atoms with E-state index >= 15 is 0 Å². The van der Waals surface area contributed by atoms with Gasteiger partial charge in [-0.25, -0.2) is 0 Å². The van der Waals surface area contributed by atoms with Gasteiger partial charge in [-0.1, -0.05) is 24.3 Å². The number of carbonyl (C=O) groups is 1. The van der Waals surface area contributed by atoms with Crippen molar-refractivity contribution < 1.29 is 9.53 Å². The lowest BCUT2D eigenvalue weighted by Crippen LogP contribution is -2.34. The van der Waals surface area contributed by atoms with Crippen molar-refractivity contribution in [1.29, 1.82) is 5.41 Å². The summed E-state index contributed by atoms with van der Waals surface area (Å²) in [7, 11) is 0. The fraction of sp³-hybridized carbons (Fsp3) is 0.385. The molecule has 0 aliphatic rings. The van der Waals surface area contributed by atoms with E-state index in [2.05, 4.69) is 0 Å². The second-order valence-electron chi connectivity index (χ2n) is 4.03. The second-order valence-corrected chi connectivity index (χ2v) is 4.03. The number of amidine groups is 1. The molecule has 0 spiro atoms. The fourth-order valence-corrected chi connectivity index (χ4v) is 1.70. The number of hydrogen-bond donors (Lipinski definition) is 3. The highest BCUT2D eigenvalue weighted by molar-refractivity contribution is 5.80. The monoisotopic (exact) mass is 249 g/mol. The third kappa shape index (κ3) is 4.18. The molecule has 1 atom stereocenters. The summed E-state index contributed by atoms with van der Waals surface area (Å²) < 4.78 is 4.87. The Labute approximate surface area is 107 Å². The van der Waals surface area contributed by atoms with Gasteiger partial charge in [-0.3, -0.25) is 10.2 Å². The number of nitrogens with one attached hydrogen (secondary N) is 1. The topological polar surface area (TPSA) is 102 Å². The standard InChI is InChI=1S/C13H19N3O2/c1-2-18-13(17)11(14)7-9-5-3-4-6-10(9)8-12(15)16/h3-6,11H,2,7-8,14H2,1H3,(H3,15,16). The van der Waals surface area contributed by atoms with Crippen LogP contribution < -0.4 is 11.5 Å². The van der Waals surface area contributed by atoms with Gasteiger partial charge in [0.15, 0.2) is 0 Å². The highest BCUT2D eigenvalue weighted by atomic mass is 16.5. The first kappa shape index (κ1) is 14.2. The van der Waals surface area contributed by atoms with Crippen molar-refractivity contribution in [1.82, 2.24) is 0 Å². The van der Waals surface area contributed by atoms with Gasteiger partial charge in [0.2, 0.25) is 0 Å². The fourth-order valence-electron chi connectivity index (χ4n) is 1.70. The molecule has 1 rings (SSSR count). The summed E-state index contributed by atoms with van der Waals surface area (Å²) in [4.78, 5) is 11.5. The minimum atomic E-state index is -0.682. The maximum absolute atomic E-state index is 11.5. The van der Waals surface area contributed by atoms with E-state index in [0.717, 1.165) is 11.1 Å². The lowest BCUT2D eigenvalue weighted by atomic mass is 9.98. The molecule has 5 heteroatoms. The molecule has 1 aromatic carbocycles. The Bertz CT molecular complexity index is 432. The Kier molecular flexibility index (Phi) is 5.32. The molecule has 0 heterocycles. The quantitative estimate of drug-likeness (QED) is 0.390. The third-order valence-electron chi connectivity index (χ3n) is 2.53. The highest BCUT2D eigenvalue weighted by Gasteiger charge is 2.16. The lowest BCUT2D eigenvalue weighted by Gasteiger charge is -2.13. The van der Waals surface area contributed by atoms with Crippen LogP contribution in [-0.4, -0.2) is 24.5 Å². The van der Waals surface area contributed by atoms with Gasteiger partial charge in [-0.05, 0) is 24.5 Å². The maximum atomic E-state index is 11.5. The SMILES string of the molecule is CCOC(=O)C(N)Cc1ccccc1CC(=N)N. The van der Waals surface area contributed by atoms with Crippen molar-refractivity contribution in [2.45, 2.75) is 25.8 Å². The molecule has 1 aromatic rings. The highest BCUT2D eigenvalue weighted by Crippen LogP contribution is 2.12. The predicted molar refractivity (Wildman–Crippen MR) is 70.4 cm³/mol. The van der Waals surface area contributed by atoms with E-state index in [1.165, 1.54) is 0 Å². The van der Waals surface area contributed by atoms with Gasteiger partial charge in [0.25, 0.3) is 0 Å². The van der Waals surface area contributed by atoms with Gasteiger partial charge < -0.3 is 16.2 Å². The molecule has 0 fully saturated rings. The zero-order valence-electron chi connectivity index (χ0n) is 10.5. The maximum Gasteiger partial charge on any atom is 0.323 e. The zero-order chi connectivity index (χ0) is 13.5. The smallest absolute Gasteiger partial charge is 0.323 e. The predicted octanol–water partition coefficient (Wildman–Crippen LogP) is 0.598. The van der Waals surface area contributed by atoms with Crippen LogP contribution in [0.15, 0.2) is 24.3 Å². The number of esters is 1. The second kappa shape index (κ2) is 6.76. The van der Waals surface area contributed by atoms with E-state index in [4.69, 9.17) is 21.6 Å². The lowest BCUT2D eigenvalue weighted by molar-refractivity contribution is -0.144. The van der Waals surface area contributed by atoms with Gasteiger partial charge in [0, 0.05) is 6.42 Å². The molecular weight excluding hydrogens is 230 g/mol. The minimum Gasteiger partial charge on any atom is -0.465 e. The van der Waals surface area contributed by atoms with Crippen molar-refractivity contribution in [3.63, 3.8) is 0 Å². The van der Waals surface area contributed by atoms with Gasteiger partial charge in [-0.15, -0.1) is 0 Å². The van der Waals surface area contributed by atoms with E-state index in [9.17, 15) is 4.79 Å². The summed E-state index contributed by atoms with van der Waals surface area (Å²) in [5, 5.41) is 7.32. The van der Waals surface area contributed by atoms with E-state index < -0.39 is 12.0 Å². The van der Waals surface area contributed by atoms with Crippen LogP contribution >= 0.6 is 0 Å². The van der Waals surface area contributed by atoms with E-state index in [1.807, 2.05) is 24.3 Å². The van der Waals surface area contributed by atoms with Crippen LogP contribution in [0.2, 0.25) is 0 Å². The Morgan fingerprint density at radius 3 is 2.56 bits per heavy atom. The summed E-state index contributed by atoms with van der Waals surface area (Å²) in [5.41, 5.74) is 13.0. The van der Waals surface area contributed by atoms with Crippen LogP contribution in [0.3, 0.4) is 0 Å². The van der Waals surface area contributed by atoms with Crippen molar-refractivity contribution in [3.8, 4) is 0 Å². The third-order valence-corrected chi connectivity index (χ3v) is 2.53. The molecule has 0 aliphatic heterocycles. The number of rotatable bonds is 6. The molecule has 18 heavy (non-hydrogen) atoms. The number of benzene rings is 1. The van der Waals surface area contributed by atoms with Crippen LogP contribution in [0.4, 0.5) is 0 Å². The van der Waals surface area contributed by atoms with Crippen molar-refractivity contribution in [3.05, 3.63) is 35.4 Å². The minimum absolute atomic E-state index is 0.0900. The Morgan fingerprint density at radius 1 is 1.39 bits per heavy atom. The molecule has 5 N–H and O–H groups in total. The van der Waals surface area contributed by atoms with Gasteiger partial charge in [0.05, 0.1) is 12.4 Å². The van der Waals surface area contributed by atoms with E-state index in [1.54, 1.807) is 6.92 Å². The van der Waals surface area contributed by atoms with Crippen LogP contribution in [0.25, 0.3) is 0 Å². The molecule has 0 saturated carbocycles. The van der Waals surface area contributed by atoms with Crippen LogP contribution in [-0.2, 0) is 22.4 Å². The van der Waals surface area contributed by atoms with Gasteiger partial charge in [-0.2, -0.15) is 0 Å². The molecule has 0 radical (unpaired) electrons. The van der Waals surface area contributed by atoms with Crippen LogP contribution in [0.1, 0.15) is 18.1 Å². The molecule has 0 aromatic heterocycles. The number of hydrogen-bond acceptors (Lipinski definition) is 4. The Morgan fingerprint density at radius 2 is 2.00 bits per heavy atom.